The highest BCUT2D eigenvalue weighted by molar-refractivity contribution is 5.69. The maximum Gasteiger partial charge on any atom is 0.306 e. The van der Waals surface area contributed by atoms with Gasteiger partial charge in [-0.2, -0.15) is 0 Å². The first-order chi connectivity index (χ1) is 8.00. The van der Waals surface area contributed by atoms with Crippen LogP contribution in [0, 0.1) is 5.92 Å². The lowest BCUT2D eigenvalue weighted by atomic mass is 9.95. The number of hydrogen-bond acceptors (Lipinski definition) is 3. The maximum atomic E-state index is 10.7. The van der Waals surface area contributed by atoms with Crippen LogP contribution in [0.3, 0.4) is 0 Å². The van der Waals surface area contributed by atoms with Crippen LogP contribution in [0.25, 0.3) is 0 Å². The van der Waals surface area contributed by atoms with E-state index in [0.29, 0.717) is 6.42 Å². The lowest BCUT2D eigenvalue weighted by molar-refractivity contribution is -0.142. The summed E-state index contributed by atoms with van der Waals surface area (Å²) in [5.74, 6) is -1.48. The number of aliphatic hydroxyl groups is 1. The van der Waals surface area contributed by atoms with E-state index in [1.165, 1.54) is 0 Å². The van der Waals surface area contributed by atoms with E-state index in [1.54, 1.807) is 6.92 Å². The summed E-state index contributed by atoms with van der Waals surface area (Å²) in [6.07, 6.45) is -0.0566. The summed E-state index contributed by atoms with van der Waals surface area (Å²) >= 11 is 0. The van der Waals surface area contributed by atoms with Gasteiger partial charge in [-0.3, -0.25) is 4.79 Å². The van der Waals surface area contributed by atoms with Gasteiger partial charge in [0.1, 0.15) is 0 Å². The number of aliphatic carboxylic acids is 1. The van der Waals surface area contributed by atoms with E-state index in [2.05, 4.69) is 0 Å². The Morgan fingerprint density at radius 1 is 1.35 bits per heavy atom. The van der Waals surface area contributed by atoms with Crippen LogP contribution in [0.4, 0.5) is 0 Å². The SMILES string of the molecule is C[C@H](C[C@H](O)[C@@H](N)Cc1ccccc1)C(=O)O. The summed E-state index contributed by atoms with van der Waals surface area (Å²) in [5, 5.41) is 18.6. The molecule has 4 N–H and O–H groups in total. The minimum absolute atomic E-state index is 0.184. The van der Waals surface area contributed by atoms with Crippen molar-refractivity contribution in [3.05, 3.63) is 35.9 Å². The zero-order chi connectivity index (χ0) is 12.8. The molecule has 0 saturated carbocycles. The molecule has 3 atom stereocenters. The predicted molar refractivity (Wildman–Crippen MR) is 65.5 cm³/mol. The highest BCUT2D eigenvalue weighted by atomic mass is 16.4. The van der Waals surface area contributed by atoms with Gasteiger partial charge in [0, 0.05) is 6.04 Å². The van der Waals surface area contributed by atoms with E-state index in [-0.39, 0.29) is 6.42 Å². The fourth-order valence-electron chi connectivity index (χ4n) is 1.66. The molecule has 0 radical (unpaired) electrons. The third-order valence-corrected chi connectivity index (χ3v) is 2.83. The third kappa shape index (κ3) is 4.54. The highest BCUT2D eigenvalue weighted by Crippen LogP contribution is 2.11. The van der Waals surface area contributed by atoms with Crippen molar-refractivity contribution in [3.8, 4) is 0 Å². The second-order valence-corrected chi connectivity index (χ2v) is 4.40. The zero-order valence-electron chi connectivity index (χ0n) is 9.91. The van der Waals surface area contributed by atoms with Crippen LogP contribution in [-0.2, 0) is 11.2 Å². The van der Waals surface area contributed by atoms with Crippen molar-refractivity contribution in [3.63, 3.8) is 0 Å². The Morgan fingerprint density at radius 3 is 2.47 bits per heavy atom. The Hall–Kier alpha value is -1.39. The Kier molecular flexibility index (Phi) is 5.12. The van der Waals surface area contributed by atoms with Crippen LogP contribution >= 0.6 is 0 Å². The van der Waals surface area contributed by atoms with Gasteiger partial charge in [0.2, 0.25) is 0 Å². The number of hydrogen-bond donors (Lipinski definition) is 3. The van der Waals surface area contributed by atoms with Gasteiger partial charge in [0.15, 0.2) is 0 Å². The molecule has 1 aromatic carbocycles. The van der Waals surface area contributed by atoms with Crippen molar-refractivity contribution < 1.29 is 15.0 Å². The van der Waals surface area contributed by atoms with Crippen LogP contribution in [-0.4, -0.2) is 28.3 Å². The Morgan fingerprint density at radius 2 is 1.94 bits per heavy atom. The van der Waals surface area contributed by atoms with Gasteiger partial charge in [0.25, 0.3) is 0 Å². The molecule has 0 bridgehead atoms. The minimum atomic E-state index is -0.907. The quantitative estimate of drug-likeness (QED) is 0.690. The fraction of sp³-hybridized carbons (Fsp3) is 0.462. The minimum Gasteiger partial charge on any atom is -0.481 e. The maximum absolute atomic E-state index is 10.7. The van der Waals surface area contributed by atoms with Gasteiger partial charge >= 0.3 is 5.97 Å². The van der Waals surface area contributed by atoms with Crippen molar-refractivity contribution in [2.24, 2.45) is 11.7 Å². The van der Waals surface area contributed by atoms with E-state index in [1.807, 2.05) is 30.3 Å². The lowest BCUT2D eigenvalue weighted by Gasteiger charge is -2.20. The first kappa shape index (κ1) is 13.7. The van der Waals surface area contributed by atoms with Crippen LogP contribution in [0.2, 0.25) is 0 Å². The summed E-state index contributed by atoms with van der Waals surface area (Å²) in [7, 11) is 0. The molecule has 0 aromatic heterocycles. The number of carboxylic acid groups (broad SMARTS) is 1. The number of rotatable bonds is 6. The third-order valence-electron chi connectivity index (χ3n) is 2.83. The molecule has 0 heterocycles. The van der Waals surface area contributed by atoms with Crippen LogP contribution in [0.5, 0.6) is 0 Å². The lowest BCUT2D eigenvalue weighted by Crippen LogP contribution is -2.38. The van der Waals surface area contributed by atoms with Gasteiger partial charge in [-0.05, 0) is 18.4 Å². The Labute approximate surface area is 101 Å². The average molecular weight is 237 g/mol. The molecular formula is C13H19NO3. The zero-order valence-corrected chi connectivity index (χ0v) is 9.91. The summed E-state index contributed by atoms with van der Waals surface area (Å²) in [5.41, 5.74) is 6.90. The van der Waals surface area contributed by atoms with Gasteiger partial charge in [-0.1, -0.05) is 37.3 Å². The molecule has 0 spiro atoms. The van der Waals surface area contributed by atoms with Crippen LogP contribution in [0.15, 0.2) is 30.3 Å². The van der Waals surface area contributed by atoms with E-state index in [4.69, 9.17) is 10.8 Å². The number of nitrogens with two attached hydrogens (primary N) is 1. The van der Waals surface area contributed by atoms with Gasteiger partial charge in [-0.25, -0.2) is 0 Å². The number of carbonyl (C=O) groups is 1. The van der Waals surface area contributed by atoms with Crippen LogP contribution < -0.4 is 5.73 Å². The molecule has 0 aliphatic rings. The molecule has 17 heavy (non-hydrogen) atoms. The standard InChI is InChI=1S/C13H19NO3/c1-9(13(16)17)7-12(15)11(14)8-10-5-3-2-4-6-10/h2-6,9,11-12,15H,7-8,14H2,1H3,(H,16,17)/t9-,11+,12+/m1/s1. The number of benzene rings is 1. The molecule has 1 rings (SSSR count). The molecular weight excluding hydrogens is 218 g/mol. The molecule has 4 nitrogen and oxygen atoms in total. The number of aliphatic hydroxyl groups excluding tert-OH is 1. The summed E-state index contributed by atoms with van der Waals surface area (Å²) in [6.45, 7) is 1.57. The second-order valence-electron chi connectivity index (χ2n) is 4.40. The van der Waals surface area contributed by atoms with Crippen molar-refractivity contribution in [2.75, 3.05) is 0 Å². The van der Waals surface area contributed by atoms with Gasteiger partial charge in [-0.15, -0.1) is 0 Å². The predicted octanol–water partition coefficient (Wildman–Crippen LogP) is 1.03. The molecule has 0 aliphatic carbocycles. The van der Waals surface area contributed by atoms with Gasteiger partial charge in [0.05, 0.1) is 12.0 Å². The normalized spacial score (nSPS) is 16.2. The average Bonchev–Trinajstić information content (AvgIpc) is 2.29. The second kappa shape index (κ2) is 6.37. The van der Waals surface area contributed by atoms with E-state index in [0.717, 1.165) is 5.56 Å². The van der Waals surface area contributed by atoms with Crippen molar-refractivity contribution in [1.29, 1.82) is 0 Å². The first-order valence-corrected chi connectivity index (χ1v) is 5.71. The Balaban J connectivity index is 2.47. The molecule has 4 heteroatoms. The van der Waals surface area contributed by atoms with Crippen LogP contribution in [0.1, 0.15) is 18.9 Å². The van der Waals surface area contributed by atoms with Crippen molar-refractivity contribution in [1.82, 2.24) is 0 Å². The van der Waals surface area contributed by atoms with Crippen molar-refractivity contribution >= 4 is 5.97 Å². The molecule has 0 amide bonds. The largest absolute Gasteiger partial charge is 0.481 e. The van der Waals surface area contributed by atoms with Gasteiger partial charge < -0.3 is 15.9 Å². The summed E-state index contributed by atoms with van der Waals surface area (Å²) in [6, 6.07) is 9.18. The fourth-order valence-corrected chi connectivity index (χ4v) is 1.66. The van der Waals surface area contributed by atoms with E-state index >= 15 is 0 Å². The smallest absolute Gasteiger partial charge is 0.306 e. The molecule has 1 aromatic rings. The number of carboxylic acids is 1. The Bertz CT molecular complexity index is 353. The molecule has 0 unspecified atom stereocenters. The molecule has 0 saturated heterocycles. The summed E-state index contributed by atoms with van der Waals surface area (Å²) < 4.78 is 0. The monoisotopic (exact) mass is 237 g/mol. The highest BCUT2D eigenvalue weighted by Gasteiger charge is 2.21. The van der Waals surface area contributed by atoms with E-state index in [9.17, 15) is 9.90 Å². The van der Waals surface area contributed by atoms with Crippen molar-refractivity contribution in [2.45, 2.75) is 31.9 Å². The first-order valence-electron chi connectivity index (χ1n) is 5.71. The molecule has 0 fully saturated rings. The van der Waals surface area contributed by atoms with E-state index < -0.39 is 24.0 Å². The molecule has 94 valence electrons. The summed E-state index contributed by atoms with van der Waals surface area (Å²) in [4.78, 5) is 10.7. The topological polar surface area (TPSA) is 83.5 Å². The molecule has 0 aliphatic heterocycles.